The highest BCUT2D eigenvalue weighted by atomic mass is 79.9. The lowest BCUT2D eigenvalue weighted by atomic mass is 10.2. The molecular formula is C16H14BrClN2O. The molecule has 21 heavy (non-hydrogen) atoms. The molecule has 5 heteroatoms. The Kier molecular flexibility index (Phi) is 5.42. The van der Waals surface area contributed by atoms with E-state index in [0.717, 1.165) is 21.3 Å². The Morgan fingerprint density at radius 1 is 1.24 bits per heavy atom. The third-order valence-corrected chi connectivity index (χ3v) is 3.50. The minimum Gasteiger partial charge on any atom is -0.314 e. The number of carbonyl (C=O) groups excluding carboxylic acids is 1. The standard InChI is InChI=1S/C16H14BrClN2O/c1-11-9-13(17)5-6-15(11)20-16(21)19-8-7-12-3-2-4-14(18)10-12/h2-10H,1H3,(H2,19,20,21)/b8-7+. The normalized spacial score (nSPS) is 10.6. The van der Waals surface area contributed by atoms with Gasteiger partial charge in [0.15, 0.2) is 0 Å². The molecule has 108 valence electrons. The number of benzene rings is 2. The van der Waals surface area contributed by atoms with Crippen molar-refractivity contribution >= 4 is 45.3 Å². The second-order valence-corrected chi connectivity index (χ2v) is 5.80. The van der Waals surface area contributed by atoms with E-state index in [2.05, 4.69) is 26.6 Å². The first-order valence-corrected chi connectivity index (χ1v) is 7.47. The van der Waals surface area contributed by atoms with E-state index in [1.54, 1.807) is 18.3 Å². The molecule has 2 aromatic rings. The van der Waals surface area contributed by atoms with Gasteiger partial charge in [-0.25, -0.2) is 4.79 Å². The van der Waals surface area contributed by atoms with Crippen LogP contribution in [0.4, 0.5) is 10.5 Å². The molecule has 0 spiro atoms. The fraction of sp³-hybridized carbons (Fsp3) is 0.0625. The van der Waals surface area contributed by atoms with Crippen molar-refractivity contribution in [3.63, 3.8) is 0 Å². The van der Waals surface area contributed by atoms with Crippen molar-refractivity contribution in [1.82, 2.24) is 5.32 Å². The van der Waals surface area contributed by atoms with Gasteiger partial charge < -0.3 is 10.6 Å². The average molecular weight is 366 g/mol. The Hall–Kier alpha value is -1.78. The van der Waals surface area contributed by atoms with E-state index in [4.69, 9.17) is 11.6 Å². The van der Waals surface area contributed by atoms with Crippen LogP contribution in [0.5, 0.6) is 0 Å². The number of hydrogen-bond donors (Lipinski definition) is 2. The highest BCUT2D eigenvalue weighted by Crippen LogP contribution is 2.19. The summed E-state index contributed by atoms with van der Waals surface area (Å²) >= 11 is 9.27. The van der Waals surface area contributed by atoms with Gasteiger partial charge in [-0.1, -0.05) is 39.7 Å². The van der Waals surface area contributed by atoms with Crippen molar-refractivity contribution in [2.45, 2.75) is 6.92 Å². The summed E-state index contributed by atoms with van der Waals surface area (Å²) in [6, 6.07) is 12.8. The molecule has 2 rings (SSSR count). The molecule has 0 aromatic heterocycles. The lowest BCUT2D eigenvalue weighted by molar-refractivity contribution is 0.255. The van der Waals surface area contributed by atoms with Crippen LogP contribution in [-0.4, -0.2) is 6.03 Å². The van der Waals surface area contributed by atoms with Gasteiger partial charge in [-0.2, -0.15) is 0 Å². The largest absolute Gasteiger partial charge is 0.323 e. The van der Waals surface area contributed by atoms with E-state index in [-0.39, 0.29) is 6.03 Å². The highest BCUT2D eigenvalue weighted by Gasteiger charge is 2.02. The third kappa shape index (κ3) is 4.92. The zero-order valence-electron chi connectivity index (χ0n) is 11.4. The number of urea groups is 1. The first kappa shape index (κ1) is 15.6. The quantitative estimate of drug-likeness (QED) is 0.771. The van der Waals surface area contributed by atoms with E-state index < -0.39 is 0 Å². The van der Waals surface area contributed by atoms with Crippen LogP contribution in [0.1, 0.15) is 11.1 Å². The molecule has 0 atom stereocenters. The smallest absolute Gasteiger partial charge is 0.314 e. The van der Waals surface area contributed by atoms with Crippen LogP contribution in [0.15, 0.2) is 53.1 Å². The Bertz CT molecular complexity index is 686. The topological polar surface area (TPSA) is 41.1 Å². The van der Waals surface area contributed by atoms with Gasteiger partial charge in [-0.05, 0) is 54.5 Å². The fourth-order valence-electron chi connectivity index (χ4n) is 1.75. The molecule has 0 unspecified atom stereocenters. The fourth-order valence-corrected chi connectivity index (χ4v) is 2.42. The molecule has 0 bridgehead atoms. The number of nitrogens with one attached hydrogen (secondary N) is 2. The molecule has 0 saturated heterocycles. The first-order chi connectivity index (χ1) is 10.0. The predicted octanol–water partition coefficient (Wildman–Crippen LogP) is 5.20. The van der Waals surface area contributed by atoms with Crippen LogP contribution < -0.4 is 10.6 Å². The Morgan fingerprint density at radius 3 is 2.76 bits per heavy atom. The van der Waals surface area contributed by atoms with Crippen molar-refractivity contribution in [1.29, 1.82) is 0 Å². The number of carbonyl (C=O) groups is 1. The van der Waals surface area contributed by atoms with Crippen LogP contribution in [0.2, 0.25) is 5.02 Å². The van der Waals surface area contributed by atoms with Crippen LogP contribution in [-0.2, 0) is 0 Å². The lowest BCUT2D eigenvalue weighted by Crippen LogP contribution is -2.24. The summed E-state index contributed by atoms with van der Waals surface area (Å²) < 4.78 is 0.979. The van der Waals surface area contributed by atoms with Gasteiger partial charge in [0.2, 0.25) is 0 Å². The summed E-state index contributed by atoms with van der Waals surface area (Å²) in [7, 11) is 0. The summed E-state index contributed by atoms with van der Waals surface area (Å²) in [6.45, 7) is 1.93. The highest BCUT2D eigenvalue weighted by molar-refractivity contribution is 9.10. The molecule has 0 aliphatic carbocycles. The summed E-state index contributed by atoms with van der Waals surface area (Å²) in [5.41, 5.74) is 2.67. The van der Waals surface area contributed by atoms with Crippen LogP contribution in [0, 0.1) is 6.92 Å². The maximum Gasteiger partial charge on any atom is 0.323 e. The van der Waals surface area contributed by atoms with Gasteiger partial charge >= 0.3 is 6.03 Å². The van der Waals surface area contributed by atoms with Gasteiger partial charge in [0, 0.05) is 21.4 Å². The van der Waals surface area contributed by atoms with Crippen molar-refractivity contribution < 1.29 is 4.79 Å². The number of anilines is 1. The monoisotopic (exact) mass is 364 g/mol. The SMILES string of the molecule is Cc1cc(Br)ccc1NC(=O)N/C=C/c1cccc(Cl)c1. The van der Waals surface area contributed by atoms with Crippen molar-refractivity contribution in [2.24, 2.45) is 0 Å². The van der Waals surface area contributed by atoms with E-state index in [1.807, 2.05) is 43.3 Å². The van der Waals surface area contributed by atoms with Crippen molar-refractivity contribution in [3.8, 4) is 0 Å². The second kappa shape index (κ2) is 7.29. The molecule has 2 amide bonds. The summed E-state index contributed by atoms with van der Waals surface area (Å²) in [5.74, 6) is 0. The molecule has 0 fully saturated rings. The zero-order chi connectivity index (χ0) is 15.2. The molecular weight excluding hydrogens is 352 g/mol. The molecule has 2 aromatic carbocycles. The molecule has 0 radical (unpaired) electrons. The van der Waals surface area contributed by atoms with Crippen molar-refractivity contribution in [3.05, 3.63) is 69.3 Å². The number of amides is 2. The molecule has 0 aliphatic rings. The Balaban J connectivity index is 1.93. The average Bonchev–Trinajstić information content (AvgIpc) is 2.42. The van der Waals surface area contributed by atoms with E-state index in [1.165, 1.54) is 0 Å². The summed E-state index contributed by atoms with van der Waals surface area (Å²) in [6.07, 6.45) is 3.36. The van der Waals surface area contributed by atoms with Gasteiger partial charge in [0.25, 0.3) is 0 Å². The number of hydrogen-bond acceptors (Lipinski definition) is 1. The first-order valence-electron chi connectivity index (χ1n) is 6.30. The van der Waals surface area contributed by atoms with Gasteiger partial charge in [-0.15, -0.1) is 0 Å². The lowest BCUT2D eigenvalue weighted by Gasteiger charge is -2.08. The minimum atomic E-state index is -0.293. The third-order valence-electron chi connectivity index (χ3n) is 2.78. The molecule has 0 saturated carbocycles. The summed E-state index contributed by atoms with van der Waals surface area (Å²) in [5, 5.41) is 6.10. The number of rotatable bonds is 3. The Morgan fingerprint density at radius 2 is 2.05 bits per heavy atom. The zero-order valence-corrected chi connectivity index (χ0v) is 13.7. The minimum absolute atomic E-state index is 0.293. The summed E-state index contributed by atoms with van der Waals surface area (Å²) in [4.78, 5) is 11.8. The van der Waals surface area contributed by atoms with Gasteiger partial charge in [0.05, 0.1) is 0 Å². The van der Waals surface area contributed by atoms with E-state index in [0.29, 0.717) is 5.02 Å². The molecule has 2 N–H and O–H groups in total. The van der Waals surface area contributed by atoms with Gasteiger partial charge in [-0.3, -0.25) is 0 Å². The van der Waals surface area contributed by atoms with Crippen LogP contribution in [0.3, 0.4) is 0 Å². The van der Waals surface area contributed by atoms with Crippen LogP contribution in [0.25, 0.3) is 6.08 Å². The predicted molar refractivity (Wildman–Crippen MR) is 91.5 cm³/mol. The number of aryl methyl sites for hydroxylation is 1. The number of halogens is 2. The molecule has 0 aliphatic heterocycles. The molecule has 3 nitrogen and oxygen atoms in total. The van der Waals surface area contributed by atoms with Crippen LogP contribution >= 0.6 is 27.5 Å². The molecule has 0 heterocycles. The van der Waals surface area contributed by atoms with E-state index in [9.17, 15) is 4.79 Å². The maximum absolute atomic E-state index is 11.8. The van der Waals surface area contributed by atoms with Gasteiger partial charge in [0.1, 0.15) is 0 Å². The van der Waals surface area contributed by atoms with E-state index >= 15 is 0 Å². The Labute approximate surface area is 137 Å². The maximum atomic E-state index is 11.8. The second-order valence-electron chi connectivity index (χ2n) is 4.45. The van der Waals surface area contributed by atoms with Crippen molar-refractivity contribution in [2.75, 3.05) is 5.32 Å².